The van der Waals surface area contributed by atoms with Crippen molar-refractivity contribution < 1.29 is 9.53 Å². The SMILES string of the molecule is CCOc1ccc(CCNC(=O)[C@H](CC)n2nc(C)c3nn(-c4ccccc4)c(C)c3c2=O)cc1. The van der Waals surface area contributed by atoms with Gasteiger partial charge in [-0.1, -0.05) is 37.3 Å². The quantitative estimate of drug-likeness (QED) is 0.398. The predicted octanol–water partition coefficient (Wildman–Crippen LogP) is 3.91. The van der Waals surface area contributed by atoms with E-state index >= 15 is 0 Å². The van der Waals surface area contributed by atoms with Crippen molar-refractivity contribution in [3.8, 4) is 11.4 Å². The fourth-order valence-corrected chi connectivity index (χ4v) is 4.25. The molecule has 1 amide bonds. The molecule has 4 aromatic rings. The average Bonchev–Trinajstić information content (AvgIpc) is 3.22. The van der Waals surface area contributed by atoms with Crippen LogP contribution in [0.5, 0.6) is 5.75 Å². The highest BCUT2D eigenvalue weighted by Gasteiger charge is 2.25. The Morgan fingerprint density at radius 2 is 1.74 bits per heavy atom. The lowest BCUT2D eigenvalue weighted by atomic mass is 10.1. The number of rotatable bonds is 9. The molecule has 0 bridgehead atoms. The number of aryl methyl sites for hydroxylation is 2. The molecule has 8 nitrogen and oxygen atoms in total. The zero-order valence-corrected chi connectivity index (χ0v) is 20.6. The standard InChI is InChI=1S/C27H31N5O3/c1-5-23(26(33)28-17-16-20-12-14-22(15-13-20)35-6-2)32-27(34)24-19(4)31(21-10-8-7-9-11-21)30-25(24)18(3)29-32/h7-15,23H,5-6,16-17H2,1-4H3,(H,28,33)/t23-/m0/s1. The number of hydrogen-bond donors (Lipinski definition) is 1. The Kier molecular flexibility index (Phi) is 7.29. The van der Waals surface area contributed by atoms with Crippen molar-refractivity contribution in [2.45, 2.75) is 46.6 Å². The summed E-state index contributed by atoms with van der Waals surface area (Å²) < 4.78 is 8.54. The van der Waals surface area contributed by atoms with Gasteiger partial charge in [0.15, 0.2) is 0 Å². The topological polar surface area (TPSA) is 91.0 Å². The molecule has 1 N–H and O–H groups in total. The zero-order chi connectivity index (χ0) is 24.9. The minimum atomic E-state index is -0.703. The van der Waals surface area contributed by atoms with Crippen LogP contribution >= 0.6 is 0 Å². The highest BCUT2D eigenvalue weighted by molar-refractivity contribution is 5.84. The molecule has 0 saturated heterocycles. The Morgan fingerprint density at radius 1 is 1.03 bits per heavy atom. The van der Waals surface area contributed by atoms with Crippen molar-refractivity contribution in [3.05, 3.63) is 81.9 Å². The third-order valence-corrected chi connectivity index (χ3v) is 6.07. The molecule has 0 unspecified atom stereocenters. The average molecular weight is 474 g/mol. The Bertz CT molecular complexity index is 1370. The predicted molar refractivity (Wildman–Crippen MR) is 136 cm³/mol. The van der Waals surface area contributed by atoms with Crippen molar-refractivity contribution in [3.63, 3.8) is 0 Å². The second-order valence-corrected chi connectivity index (χ2v) is 8.43. The molecule has 2 heterocycles. The van der Waals surface area contributed by atoms with Gasteiger partial charge >= 0.3 is 0 Å². The van der Waals surface area contributed by atoms with E-state index in [4.69, 9.17) is 4.74 Å². The smallest absolute Gasteiger partial charge is 0.278 e. The normalized spacial score (nSPS) is 12.0. The highest BCUT2D eigenvalue weighted by Crippen LogP contribution is 2.21. The van der Waals surface area contributed by atoms with Crippen molar-refractivity contribution in [2.75, 3.05) is 13.2 Å². The van der Waals surface area contributed by atoms with E-state index in [1.54, 1.807) is 4.68 Å². The molecular weight excluding hydrogens is 442 g/mol. The number of hydrogen-bond acceptors (Lipinski definition) is 5. The summed E-state index contributed by atoms with van der Waals surface area (Å²) in [5, 5.41) is 12.6. The van der Waals surface area contributed by atoms with Gasteiger partial charge in [-0.2, -0.15) is 10.2 Å². The van der Waals surface area contributed by atoms with Crippen LogP contribution in [0.4, 0.5) is 0 Å². The van der Waals surface area contributed by atoms with Crippen LogP contribution in [0.15, 0.2) is 59.4 Å². The van der Waals surface area contributed by atoms with Crippen LogP contribution in [0.1, 0.15) is 43.3 Å². The third kappa shape index (κ3) is 4.96. The second-order valence-electron chi connectivity index (χ2n) is 8.43. The van der Waals surface area contributed by atoms with Gasteiger partial charge in [0.25, 0.3) is 5.56 Å². The molecule has 0 saturated carbocycles. The molecule has 0 aliphatic carbocycles. The fraction of sp³-hybridized carbons (Fsp3) is 0.333. The van der Waals surface area contributed by atoms with E-state index in [0.29, 0.717) is 42.6 Å². The molecular formula is C27H31N5O3. The number of amides is 1. The molecule has 8 heteroatoms. The molecule has 35 heavy (non-hydrogen) atoms. The van der Waals surface area contributed by atoms with Crippen LogP contribution in [0.3, 0.4) is 0 Å². The van der Waals surface area contributed by atoms with Gasteiger partial charge in [0.1, 0.15) is 17.3 Å². The van der Waals surface area contributed by atoms with E-state index in [0.717, 1.165) is 22.7 Å². The Labute approximate surface area is 204 Å². The van der Waals surface area contributed by atoms with Crippen molar-refractivity contribution in [2.24, 2.45) is 0 Å². The van der Waals surface area contributed by atoms with Crippen LogP contribution in [-0.4, -0.2) is 38.6 Å². The first-order chi connectivity index (χ1) is 16.9. The molecule has 182 valence electrons. The van der Waals surface area contributed by atoms with Crippen LogP contribution < -0.4 is 15.6 Å². The maximum atomic E-state index is 13.5. The number of ether oxygens (including phenoxy) is 1. The van der Waals surface area contributed by atoms with E-state index in [-0.39, 0.29) is 11.5 Å². The van der Waals surface area contributed by atoms with E-state index in [2.05, 4.69) is 15.5 Å². The third-order valence-electron chi connectivity index (χ3n) is 6.07. The first kappa shape index (κ1) is 24.2. The maximum Gasteiger partial charge on any atom is 0.278 e. The Balaban J connectivity index is 1.55. The lowest BCUT2D eigenvalue weighted by Gasteiger charge is -2.17. The van der Waals surface area contributed by atoms with E-state index in [1.807, 2.05) is 82.3 Å². The minimum absolute atomic E-state index is 0.222. The lowest BCUT2D eigenvalue weighted by Crippen LogP contribution is -2.39. The van der Waals surface area contributed by atoms with Gasteiger partial charge in [0, 0.05) is 6.54 Å². The summed E-state index contributed by atoms with van der Waals surface area (Å²) in [6.45, 7) is 8.60. The number of fused-ring (bicyclic) bond motifs is 1. The molecule has 2 aromatic heterocycles. The Morgan fingerprint density at radius 3 is 2.40 bits per heavy atom. The summed E-state index contributed by atoms with van der Waals surface area (Å²) >= 11 is 0. The zero-order valence-electron chi connectivity index (χ0n) is 20.6. The minimum Gasteiger partial charge on any atom is -0.494 e. The summed E-state index contributed by atoms with van der Waals surface area (Å²) in [6.07, 6.45) is 1.12. The van der Waals surface area contributed by atoms with Gasteiger partial charge in [0.2, 0.25) is 5.91 Å². The van der Waals surface area contributed by atoms with Gasteiger partial charge in [-0.25, -0.2) is 9.36 Å². The molecule has 0 spiro atoms. The molecule has 0 aliphatic rings. The summed E-state index contributed by atoms with van der Waals surface area (Å²) in [4.78, 5) is 26.6. The fourth-order valence-electron chi connectivity index (χ4n) is 4.25. The van der Waals surface area contributed by atoms with Crippen LogP contribution in [0.2, 0.25) is 0 Å². The van der Waals surface area contributed by atoms with E-state index < -0.39 is 6.04 Å². The lowest BCUT2D eigenvalue weighted by molar-refractivity contribution is -0.124. The van der Waals surface area contributed by atoms with Crippen molar-refractivity contribution in [1.82, 2.24) is 24.9 Å². The largest absolute Gasteiger partial charge is 0.494 e. The van der Waals surface area contributed by atoms with Crippen molar-refractivity contribution >= 4 is 16.8 Å². The summed E-state index contributed by atoms with van der Waals surface area (Å²) in [7, 11) is 0. The van der Waals surface area contributed by atoms with Gasteiger partial charge in [-0.05, 0) is 63.4 Å². The number of aromatic nitrogens is 4. The summed E-state index contributed by atoms with van der Waals surface area (Å²) in [5.41, 5.74) is 3.54. The van der Waals surface area contributed by atoms with Crippen molar-refractivity contribution in [1.29, 1.82) is 0 Å². The van der Waals surface area contributed by atoms with E-state index in [9.17, 15) is 9.59 Å². The number of benzene rings is 2. The maximum absolute atomic E-state index is 13.5. The van der Waals surface area contributed by atoms with Gasteiger partial charge in [-0.3, -0.25) is 9.59 Å². The van der Waals surface area contributed by atoms with Crippen LogP contribution in [-0.2, 0) is 11.2 Å². The first-order valence-electron chi connectivity index (χ1n) is 12.0. The van der Waals surface area contributed by atoms with Gasteiger partial charge in [0.05, 0.1) is 29.1 Å². The van der Waals surface area contributed by atoms with Crippen LogP contribution in [0.25, 0.3) is 16.6 Å². The molecule has 0 aliphatic heterocycles. The molecule has 2 aromatic carbocycles. The van der Waals surface area contributed by atoms with E-state index in [1.165, 1.54) is 4.68 Å². The first-order valence-corrected chi connectivity index (χ1v) is 12.0. The summed E-state index contributed by atoms with van der Waals surface area (Å²) in [6, 6.07) is 16.8. The second kappa shape index (κ2) is 10.5. The van der Waals surface area contributed by atoms with Gasteiger partial charge < -0.3 is 10.1 Å². The molecule has 1 atom stereocenters. The number of para-hydroxylation sites is 1. The van der Waals surface area contributed by atoms with Crippen LogP contribution in [0, 0.1) is 13.8 Å². The highest BCUT2D eigenvalue weighted by atomic mass is 16.5. The summed E-state index contributed by atoms with van der Waals surface area (Å²) in [5.74, 6) is 0.605. The number of nitrogens with zero attached hydrogens (tertiary/aromatic N) is 4. The number of carbonyl (C=O) groups excluding carboxylic acids is 1. The molecule has 0 fully saturated rings. The monoisotopic (exact) mass is 473 g/mol. The molecule has 0 radical (unpaired) electrons. The number of nitrogens with one attached hydrogen (secondary N) is 1. The number of carbonyl (C=O) groups is 1. The Hall–Kier alpha value is -3.94. The van der Waals surface area contributed by atoms with Gasteiger partial charge in [-0.15, -0.1) is 0 Å². The molecule has 4 rings (SSSR count).